The first-order valence-electron chi connectivity index (χ1n) is 5.39. The molecule has 0 aliphatic carbocycles. The molecule has 2 N–H and O–H groups in total. The first-order valence-corrected chi connectivity index (χ1v) is 5.39. The van der Waals surface area contributed by atoms with E-state index in [0.717, 1.165) is 19.4 Å². The Labute approximate surface area is 89.6 Å². The second-order valence-corrected chi connectivity index (χ2v) is 3.59. The Balaban J connectivity index is 2.00. The van der Waals surface area contributed by atoms with E-state index in [2.05, 4.69) is 17.6 Å². The van der Waals surface area contributed by atoms with Gasteiger partial charge in [0.05, 0.1) is 12.5 Å². The molecule has 5 nitrogen and oxygen atoms in total. The molecule has 0 aromatic carbocycles. The largest absolute Gasteiger partial charge is 0.381 e. The molecular formula is C10H18N2O3. The molecule has 1 rings (SSSR count). The van der Waals surface area contributed by atoms with Crippen molar-refractivity contribution in [2.45, 2.75) is 32.2 Å². The van der Waals surface area contributed by atoms with Gasteiger partial charge in [0.25, 0.3) is 0 Å². The maximum absolute atomic E-state index is 11.1. The summed E-state index contributed by atoms with van der Waals surface area (Å²) in [6.07, 6.45) is 2.14. The highest BCUT2D eigenvalue weighted by molar-refractivity contribution is 6.05. The molecule has 1 atom stereocenters. The summed E-state index contributed by atoms with van der Waals surface area (Å²) in [6, 6.07) is -0.344. The fraction of sp³-hybridized carbons (Fsp3) is 0.800. The highest BCUT2D eigenvalue weighted by Gasteiger charge is 2.29. The van der Waals surface area contributed by atoms with Gasteiger partial charge in [-0.1, -0.05) is 6.92 Å². The molecule has 0 saturated carbocycles. The van der Waals surface area contributed by atoms with Gasteiger partial charge in [0.15, 0.2) is 0 Å². The van der Waals surface area contributed by atoms with Gasteiger partial charge in [-0.25, -0.2) is 0 Å². The smallest absolute Gasteiger partial charge is 0.244 e. The summed E-state index contributed by atoms with van der Waals surface area (Å²) in [7, 11) is 0. The first-order chi connectivity index (χ1) is 7.24. The van der Waals surface area contributed by atoms with Gasteiger partial charge in [-0.05, 0) is 19.4 Å². The van der Waals surface area contributed by atoms with Crippen LogP contribution in [0.2, 0.25) is 0 Å². The van der Waals surface area contributed by atoms with Gasteiger partial charge in [0.2, 0.25) is 11.8 Å². The highest BCUT2D eigenvalue weighted by Crippen LogP contribution is 2.00. The van der Waals surface area contributed by atoms with Crippen molar-refractivity contribution >= 4 is 11.8 Å². The third-order valence-corrected chi connectivity index (χ3v) is 2.17. The maximum Gasteiger partial charge on any atom is 0.244 e. The fourth-order valence-electron chi connectivity index (χ4n) is 1.42. The Morgan fingerprint density at radius 2 is 2.27 bits per heavy atom. The van der Waals surface area contributed by atoms with Crippen LogP contribution in [0.1, 0.15) is 26.2 Å². The molecular weight excluding hydrogens is 196 g/mol. The SMILES string of the molecule is CCCOCCCNC1CC(=O)NC1=O. The number of amides is 2. The van der Waals surface area contributed by atoms with Crippen LogP contribution in [0, 0.1) is 0 Å². The number of imide groups is 1. The standard InChI is InChI=1S/C10H18N2O3/c1-2-5-15-6-3-4-11-8-7-9(13)12-10(8)14/h8,11H,2-7H2,1H3,(H,12,13,14). The molecule has 1 aliphatic heterocycles. The number of nitrogens with one attached hydrogen (secondary N) is 2. The molecule has 15 heavy (non-hydrogen) atoms. The van der Waals surface area contributed by atoms with Crippen LogP contribution >= 0.6 is 0 Å². The maximum atomic E-state index is 11.1. The van der Waals surface area contributed by atoms with E-state index < -0.39 is 0 Å². The van der Waals surface area contributed by atoms with E-state index in [-0.39, 0.29) is 24.3 Å². The van der Waals surface area contributed by atoms with Crippen molar-refractivity contribution in [3.8, 4) is 0 Å². The summed E-state index contributed by atoms with van der Waals surface area (Å²) in [5.41, 5.74) is 0. The molecule has 0 radical (unpaired) electrons. The number of carbonyl (C=O) groups is 2. The molecule has 0 spiro atoms. The van der Waals surface area contributed by atoms with Gasteiger partial charge >= 0.3 is 0 Å². The number of carbonyl (C=O) groups excluding carboxylic acids is 2. The zero-order valence-electron chi connectivity index (χ0n) is 9.04. The number of ether oxygens (including phenoxy) is 1. The Bertz CT molecular complexity index is 231. The summed E-state index contributed by atoms with van der Waals surface area (Å²) in [4.78, 5) is 22.0. The van der Waals surface area contributed by atoms with E-state index in [1.54, 1.807) is 0 Å². The van der Waals surface area contributed by atoms with Crippen LogP contribution in [0.25, 0.3) is 0 Å². The molecule has 1 fully saturated rings. The van der Waals surface area contributed by atoms with Crippen LogP contribution in [0.15, 0.2) is 0 Å². The normalized spacial score (nSPS) is 20.7. The van der Waals surface area contributed by atoms with Crippen LogP contribution in [0.3, 0.4) is 0 Å². The summed E-state index contributed by atoms with van der Waals surface area (Å²) >= 11 is 0. The monoisotopic (exact) mass is 214 g/mol. The predicted octanol–water partition coefficient (Wildman–Crippen LogP) is -0.192. The van der Waals surface area contributed by atoms with E-state index >= 15 is 0 Å². The van der Waals surface area contributed by atoms with E-state index in [1.165, 1.54) is 0 Å². The zero-order chi connectivity index (χ0) is 11.1. The third kappa shape index (κ3) is 4.40. The van der Waals surface area contributed by atoms with E-state index in [4.69, 9.17) is 4.74 Å². The Hall–Kier alpha value is -0.940. The topological polar surface area (TPSA) is 67.4 Å². The van der Waals surface area contributed by atoms with Crippen molar-refractivity contribution in [1.82, 2.24) is 10.6 Å². The van der Waals surface area contributed by atoms with Crippen molar-refractivity contribution in [3.05, 3.63) is 0 Å². The van der Waals surface area contributed by atoms with Gasteiger partial charge in [0, 0.05) is 13.2 Å². The molecule has 0 aromatic rings. The van der Waals surface area contributed by atoms with Crippen LogP contribution in [0.4, 0.5) is 0 Å². The summed E-state index contributed by atoms with van der Waals surface area (Å²) in [6.45, 7) is 4.24. The second kappa shape index (κ2) is 6.53. The van der Waals surface area contributed by atoms with Crippen molar-refractivity contribution in [3.63, 3.8) is 0 Å². The third-order valence-electron chi connectivity index (χ3n) is 2.17. The molecule has 1 saturated heterocycles. The lowest BCUT2D eigenvalue weighted by atomic mass is 10.2. The minimum absolute atomic E-state index is 0.195. The van der Waals surface area contributed by atoms with E-state index in [9.17, 15) is 9.59 Å². The Morgan fingerprint density at radius 3 is 2.87 bits per heavy atom. The summed E-state index contributed by atoms with van der Waals surface area (Å²) in [5.74, 6) is -0.408. The predicted molar refractivity (Wildman–Crippen MR) is 55.3 cm³/mol. The molecule has 0 bridgehead atoms. The van der Waals surface area contributed by atoms with Crippen molar-refractivity contribution in [2.75, 3.05) is 19.8 Å². The quantitative estimate of drug-likeness (QED) is 0.455. The first kappa shape index (κ1) is 12.1. The molecule has 2 amide bonds. The number of hydrogen-bond donors (Lipinski definition) is 2. The Kier molecular flexibility index (Phi) is 5.28. The zero-order valence-corrected chi connectivity index (χ0v) is 9.04. The molecule has 1 aliphatic rings. The number of rotatable bonds is 7. The minimum Gasteiger partial charge on any atom is -0.381 e. The summed E-state index contributed by atoms with van der Waals surface area (Å²) < 4.78 is 5.29. The molecule has 1 heterocycles. The Morgan fingerprint density at radius 1 is 1.47 bits per heavy atom. The average molecular weight is 214 g/mol. The lowest BCUT2D eigenvalue weighted by molar-refractivity contribution is -0.125. The van der Waals surface area contributed by atoms with Gasteiger partial charge in [-0.2, -0.15) is 0 Å². The highest BCUT2D eigenvalue weighted by atomic mass is 16.5. The molecule has 5 heteroatoms. The van der Waals surface area contributed by atoms with Gasteiger partial charge in [0.1, 0.15) is 0 Å². The van der Waals surface area contributed by atoms with Crippen LogP contribution in [0.5, 0.6) is 0 Å². The lowest BCUT2D eigenvalue weighted by Gasteiger charge is -2.08. The van der Waals surface area contributed by atoms with E-state index in [0.29, 0.717) is 13.2 Å². The summed E-state index contributed by atoms with van der Waals surface area (Å²) in [5, 5.41) is 5.28. The van der Waals surface area contributed by atoms with Crippen LogP contribution in [-0.2, 0) is 14.3 Å². The molecule has 1 unspecified atom stereocenters. The molecule has 0 aromatic heterocycles. The van der Waals surface area contributed by atoms with Gasteiger partial charge in [-0.3, -0.25) is 14.9 Å². The van der Waals surface area contributed by atoms with E-state index in [1.807, 2.05) is 0 Å². The van der Waals surface area contributed by atoms with Gasteiger partial charge in [-0.15, -0.1) is 0 Å². The molecule has 86 valence electrons. The average Bonchev–Trinajstić information content (AvgIpc) is 2.51. The van der Waals surface area contributed by atoms with Gasteiger partial charge < -0.3 is 10.1 Å². The van der Waals surface area contributed by atoms with Crippen LogP contribution in [-0.4, -0.2) is 37.6 Å². The lowest BCUT2D eigenvalue weighted by Crippen LogP contribution is -2.37. The fourth-order valence-corrected chi connectivity index (χ4v) is 1.42. The van der Waals surface area contributed by atoms with Crippen molar-refractivity contribution in [2.24, 2.45) is 0 Å². The number of hydrogen-bond acceptors (Lipinski definition) is 4. The second-order valence-electron chi connectivity index (χ2n) is 3.59. The minimum atomic E-state index is -0.344. The van der Waals surface area contributed by atoms with Crippen molar-refractivity contribution < 1.29 is 14.3 Å². The van der Waals surface area contributed by atoms with Crippen LogP contribution < -0.4 is 10.6 Å². The van der Waals surface area contributed by atoms with Crippen molar-refractivity contribution in [1.29, 1.82) is 0 Å².